The highest BCUT2D eigenvalue weighted by Gasteiger charge is 2.69. The minimum absolute atomic E-state index is 0.00937. The van der Waals surface area contributed by atoms with Gasteiger partial charge in [0, 0.05) is 100 Å². The van der Waals surface area contributed by atoms with Gasteiger partial charge in [-0.05, 0) is 161 Å². The van der Waals surface area contributed by atoms with Crippen LogP contribution in [0.2, 0.25) is 0 Å². The molecule has 32 unspecified atom stereocenters. The van der Waals surface area contributed by atoms with E-state index < -0.39 is 0 Å². The molecule has 16 nitrogen and oxygen atoms in total. The van der Waals surface area contributed by atoms with E-state index in [2.05, 4.69) is 105 Å². The smallest absolute Gasteiger partial charge is 0.0678 e. The lowest BCUT2D eigenvalue weighted by atomic mass is 9.58. The first-order chi connectivity index (χ1) is 39.8. The third-order valence-electron chi connectivity index (χ3n) is 25.0. The van der Waals surface area contributed by atoms with Gasteiger partial charge in [0.2, 0.25) is 0 Å². The van der Waals surface area contributed by atoms with Gasteiger partial charge in [-0.3, -0.25) is 42.1 Å². The lowest BCUT2D eigenvalue weighted by Gasteiger charge is -2.54. The minimum atomic E-state index is -0.0607. The van der Waals surface area contributed by atoms with Crippen LogP contribution in [0.3, 0.4) is 0 Å². The van der Waals surface area contributed by atoms with E-state index in [-0.39, 0.29) is 146 Å². The molecule has 0 radical (unpaired) electrons. The Morgan fingerprint density at radius 1 is 0.247 bits per heavy atom. The van der Waals surface area contributed by atoms with E-state index in [0.29, 0.717) is 100 Å². The van der Waals surface area contributed by atoms with Crippen LogP contribution >= 0.6 is 0 Å². The van der Waals surface area contributed by atoms with Crippen molar-refractivity contribution in [2.45, 2.75) is 256 Å². The van der Waals surface area contributed by atoms with Gasteiger partial charge in [0.15, 0.2) is 0 Å². The van der Waals surface area contributed by atoms with Crippen molar-refractivity contribution in [1.29, 1.82) is 0 Å². The predicted octanol–water partition coefficient (Wildman–Crippen LogP) is 7.17. The van der Waals surface area contributed by atoms with Crippen LogP contribution in [-0.4, -0.2) is 163 Å². The average Bonchev–Trinajstić information content (AvgIpc) is 4.42. The van der Waals surface area contributed by atoms with Crippen molar-refractivity contribution in [1.82, 2.24) is 42.1 Å². The van der Waals surface area contributed by atoms with Crippen molar-refractivity contribution >= 4 is 0 Å². The molecule has 16 heteroatoms. The van der Waals surface area contributed by atoms with Gasteiger partial charge in [-0.25, -0.2) is 0 Å². The Morgan fingerprint density at radius 3 is 0.580 bits per heavy atom. The fourth-order valence-electron chi connectivity index (χ4n) is 22.9. The van der Waals surface area contributed by atoms with Gasteiger partial charge in [-0.1, -0.05) is 51.4 Å². The third-order valence-corrected chi connectivity index (χ3v) is 25.0. The van der Waals surface area contributed by atoms with E-state index in [4.69, 9.17) is 37.9 Å². The first-order valence-electron chi connectivity index (χ1n) is 34.8. The zero-order valence-corrected chi connectivity index (χ0v) is 51.7. The minimum Gasteiger partial charge on any atom is -0.378 e. The molecule has 13 fully saturated rings. The molecule has 0 spiro atoms. The Kier molecular flexibility index (Phi) is 18.9. The normalized spacial score (nSPS) is 52.9. The maximum Gasteiger partial charge on any atom is 0.0678 e. The first-order valence-corrected chi connectivity index (χ1v) is 34.8. The van der Waals surface area contributed by atoms with Crippen LogP contribution < -0.4 is 37.2 Å². The van der Waals surface area contributed by atoms with Crippen LogP contribution in [0.1, 0.15) is 158 Å². The summed E-state index contributed by atoms with van der Waals surface area (Å²) in [5, 5.41) is 32.0. The number of hydrogen-bond donors (Lipinski definition) is 7. The standard InChI is InChI=1S/C65H114N8O8/c1-10-74-50-34-26-18-19-27-35(34)51(75-11-2)43-42(50)58-66-59(43)68-61-45-47(55(79-15-6)39-31-23-21-29-37(39)53(45)77-13-4)63(70-61)72-65-49-48(56(80-16-7)40-32-24-25-33-41(40)57(49)81-17-8)64(73(65)9)71-62-46-44(60(67-58)69-62)52(76-12-3)36-28-20-22-30-38(36)54(46)78-14-5/h34-72H,10-33H2,1-9H3. The fraction of sp³-hybridized carbons (Fsp3) is 1.00. The fourth-order valence-corrected chi connectivity index (χ4v) is 22.9. The molecule has 8 bridgehead atoms. The van der Waals surface area contributed by atoms with Crippen molar-refractivity contribution < 1.29 is 37.9 Å². The number of ether oxygens (including phenoxy) is 8. The lowest BCUT2D eigenvalue weighted by Crippen LogP contribution is -2.63. The second-order valence-corrected chi connectivity index (χ2v) is 28.0. The second-order valence-electron chi connectivity index (χ2n) is 28.0. The van der Waals surface area contributed by atoms with Gasteiger partial charge in [0.1, 0.15) is 0 Å². The lowest BCUT2D eigenvalue weighted by molar-refractivity contribution is -0.179. The van der Waals surface area contributed by atoms with Crippen molar-refractivity contribution in [3.63, 3.8) is 0 Å². The molecule has 81 heavy (non-hydrogen) atoms. The monoisotopic (exact) mass is 1130 g/mol. The van der Waals surface area contributed by atoms with E-state index in [1.165, 1.54) is 103 Å². The molecule has 13 aliphatic rings. The predicted molar refractivity (Wildman–Crippen MR) is 313 cm³/mol. The molecular formula is C65H114N8O8. The van der Waals surface area contributed by atoms with Crippen molar-refractivity contribution in [3.05, 3.63) is 0 Å². The number of hydrogen-bond acceptors (Lipinski definition) is 16. The molecule has 8 saturated carbocycles. The Balaban J connectivity index is 0.996. The van der Waals surface area contributed by atoms with E-state index >= 15 is 0 Å². The van der Waals surface area contributed by atoms with E-state index in [1.54, 1.807) is 0 Å². The summed E-state index contributed by atoms with van der Waals surface area (Å²) >= 11 is 0. The molecule has 7 N–H and O–H groups in total. The van der Waals surface area contributed by atoms with Gasteiger partial charge < -0.3 is 37.9 Å². The van der Waals surface area contributed by atoms with E-state index in [1.807, 2.05) is 0 Å². The molecule has 5 aliphatic heterocycles. The Bertz CT molecular complexity index is 1900. The molecule has 0 amide bonds. The van der Waals surface area contributed by atoms with Crippen molar-refractivity contribution in [2.24, 2.45) is 94.7 Å². The molecule has 0 aromatic rings. The zero-order chi connectivity index (χ0) is 55.6. The van der Waals surface area contributed by atoms with Crippen LogP contribution in [0.15, 0.2) is 0 Å². The van der Waals surface area contributed by atoms with Crippen LogP contribution in [0.5, 0.6) is 0 Å². The molecule has 32 atom stereocenters. The average molecular weight is 1140 g/mol. The zero-order valence-electron chi connectivity index (χ0n) is 51.7. The molecule has 5 saturated heterocycles. The van der Waals surface area contributed by atoms with Crippen LogP contribution in [0, 0.1) is 94.7 Å². The van der Waals surface area contributed by atoms with E-state index in [0.717, 1.165) is 0 Å². The summed E-state index contributed by atoms with van der Waals surface area (Å²) in [6.07, 6.45) is 20.1. The molecular weight excluding hydrogens is 1020 g/mol. The third kappa shape index (κ3) is 10.2. The summed E-state index contributed by atoms with van der Waals surface area (Å²) in [4.78, 5) is 2.75. The van der Waals surface area contributed by atoms with Crippen molar-refractivity contribution in [2.75, 3.05) is 59.9 Å². The first kappa shape index (κ1) is 59.3. The maximum atomic E-state index is 7.33. The van der Waals surface area contributed by atoms with Gasteiger partial charge >= 0.3 is 0 Å². The number of rotatable bonds is 16. The molecule has 5 heterocycles. The summed E-state index contributed by atoms with van der Waals surface area (Å²) < 4.78 is 58.5. The summed E-state index contributed by atoms with van der Waals surface area (Å²) in [5.74, 6) is 4.90. The molecule has 462 valence electrons. The van der Waals surface area contributed by atoms with E-state index in [9.17, 15) is 0 Å². The highest BCUT2D eigenvalue weighted by molar-refractivity contribution is 5.19. The number of fused-ring (bicyclic) bond motifs is 24. The van der Waals surface area contributed by atoms with Crippen molar-refractivity contribution in [3.8, 4) is 0 Å². The second kappa shape index (κ2) is 25.8. The molecule has 0 aromatic carbocycles. The van der Waals surface area contributed by atoms with Crippen LogP contribution in [0.4, 0.5) is 0 Å². The van der Waals surface area contributed by atoms with Gasteiger partial charge in [0.05, 0.1) is 98.2 Å². The molecule has 0 aromatic heterocycles. The number of nitrogens with one attached hydrogen (secondary N) is 7. The largest absolute Gasteiger partial charge is 0.378 e. The quantitative estimate of drug-likeness (QED) is 0.0833. The topological polar surface area (TPSA) is 161 Å². The maximum absolute atomic E-state index is 7.33. The SMILES string of the molecule is CCOC1C2CCCCC2C(OCC)C2C3NC(NC4NC(NC5C6C(OCC)C7CCCCC7C(OCC)C6C(NC6NC(N3)C3C(OCC)C7CCCCC7C(OCC)C63)N5C)C3C(OCC)C5CCCCC5C(OCC)C43)C12. The van der Waals surface area contributed by atoms with Gasteiger partial charge in [-0.2, -0.15) is 0 Å². The van der Waals surface area contributed by atoms with Gasteiger partial charge in [-0.15, -0.1) is 0 Å². The van der Waals surface area contributed by atoms with Crippen LogP contribution in [0.25, 0.3) is 0 Å². The number of nitrogens with zero attached hydrogens (tertiary/aromatic N) is 1. The highest BCUT2D eigenvalue weighted by atomic mass is 16.5. The Morgan fingerprint density at radius 2 is 0.407 bits per heavy atom. The molecule has 8 aliphatic carbocycles. The highest BCUT2D eigenvalue weighted by Crippen LogP contribution is 2.59. The summed E-state index contributed by atoms with van der Waals surface area (Å²) in [6, 6.07) is 0. The molecule has 13 rings (SSSR count). The van der Waals surface area contributed by atoms with Gasteiger partial charge in [0.25, 0.3) is 0 Å². The summed E-state index contributed by atoms with van der Waals surface area (Å²) in [7, 11) is 2.44. The Labute approximate surface area is 489 Å². The summed E-state index contributed by atoms with van der Waals surface area (Å²) in [5.41, 5.74) is 0. The summed E-state index contributed by atoms with van der Waals surface area (Å²) in [6.45, 7) is 23.5. The van der Waals surface area contributed by atoms with Crippen LogP contribution in [-0.2, 0) is 37.9 Å². The Hall–Kier alpha value is -0.640.